The van der Waals surface area contributed by atoms with E-state index in [1.165, 1.54) is 18.2 Å². The van der Waals surface area contributed by atoms with Crippen LogP contribution in [0, 0.1) is 17.0 Å². The third kappa shape index (κ3) is 2.31. The standard InChI is InChI=1S/C10H11NO4/c1-6-5-8(11(14)15)3-4-9(6)7(2)10(12)13/h3-5,7H,1-2H3,(H,12,13). The number of hydrogen-bond acceptors (Lipinski definition) is 3. The lowest BCUT2D eigenvalue weighted by Crippen LogP contribution is -2.09. The molecule has 0 radical (unpaired) electrons. The smallest absolute Gasteiger partial charge is 0.310 e. The molecule has 0 saturated carbocycles. The number of aliphatic carboxylic acids is 1. The molecule has 0 heterocycles. The van der Waals surface area contributed by atoms with Gasteiger partial charge in [-0.25, -0.2) is 0 Å². The molecule has 1 atom stereocenters. The Morgan fingerprint density at radius 3 is 2.53 bits per heavy atom. The normalized spacial score (nSPS) is 12.1. The molecule has 0 amide bonds. The number of nitrogens with zero attached hydrogens (tertiary/aromatic N) is 1. The van der Waals surface area contributed by atoms with Crippen LogP contribution < -0.4 is 0 Å². The number of rotatable bonds is 3. The highest BCUT2D eigenvalue weighted by Gasteiger charge is 2.17. The second-order valence-electron chi connectivity index (χ2n) is 3.36. The molecule has 5 nitrogen and oxygen atoms in total. The lowest BCUT2D eigenvalue weighted by atomic mass is 9.96. The summed E-state index contributed by atoms with van der Waals surface area (Å²) in [4.78, 5) is 20.7. The molecule has 0 bridgehead atoms. The summed E-state index contributed by atoms with van der Waals surface area (Å²) < 4.78 is 0. The second-order valence-corrected chi connectivity index (χ2v) is 3.36. The average Bonchev–Trinajstić information content (AvgIpc) is 2.16. The molecule has 0 aliphatic rings. The maximum Gasteiger partial charge on any atom is 0.310 e. The number of benzene rings is 1. The number of carboxylic acid groups (broad SMARTS) is 1. The van der Waals surface area contributed by atoms with Crippen LogP contribution in [0.1, 0.15) is 24.0 Å². The van der Waals surface area contributed by atoms with E-state index in [-0.39, 0.29) is 5.69 Å². The van der Waals surface area contributed by atoms with E-state index in [1.807, 2.05) is 0 Å². The summed E-state index contributed by atoms with van der Waals surface area (Å²) in [6, 6.07) is 4.20. The van der Waals surface area contributed by atoms with E-state index < -0.39 is 16.8 Å². The Kier molecular flexibility index (Phi) is 3.04. The molecule has 5 heteroatoms. The maximum atomic E-state index is 10.7. The third-order valence-electron chi connectivity index (χ3n) is 2.30. The van der Waals surface area contributed by atoms with Crippen LogP contribution in [0.4, 0.5) is 5.69 Å². The predicted octanol–water partition coefficient (Wildman–Crippen LogP) is 2.09. The minimum absolute atomic E-state index is 0.0196. The number of carbonyl (C=O) groups is 1. The van der Waals surface area contributed by atoms with Gasteiger partial charge in [0.1, 0.15) is 0 Å². The van der Waals surface area contributed by atoms with E-state index in [2.05, 4.69) is 0 Å². The largest absolute Gasteiger partial charge is 0.481 e. The Labute approximate surface area is 86.5 Å². The van der Waals surface area contributed by atoms with Gasteiger partial charge in [0.05, 0.1) is 10.8 Å². The molecule has 80 valence electrons. The van der Waals surface area contributed by atoms with Gasteiger partial charge in [0.25, 0.3) is 5.69 Å². The van der Waals surface area contributed by atoms with Gasteiger partial charge in [-0.15, -0.1) is 0 Å². The van der Waals surface area contributed by atoms with Crippen LogP contribution in [0.3, 0.4) is 0 Å². The molecular formula is C10H11NO4. The quantitative estimate of drug-likeness (QED) is 0.610. The molecule has 0 aliphatic heterocycles. The fourth-order valence-electron chi connectivity index (χ4n) is 1.39. The van der Waals surface area contributed by atoms with E-state index >= 15 is 0 Å². The van der Waals surface area contributed by atoms with Crippen molar-refractivity contribution >= 4 is 11.7 Å². The van der Waals surface area contributed by atoms with Crippen LogP contribution in [0.5, 0.6) is 0 Å². The zero-order valence-electron chi connectivity index (χ0n) is 8.43. The van der Waals surface area contributed by atoms with E-state index in [9.17, 15) is 14.9 Å². The summed E-state index contributed by atoms with van der Waals surface area (Å²) in [6.07, 6.45) is 0. The van der Waals surface area contributed by atoms with E-state index in [0.29, 0.717) is 11.1 Å². The van der Waals surface area contributed by atoms with Crippen LogP contribution in [0.15, 0.2) is 18.2 Å². The van der Waals surface area contributed by atoms with E-state index in [0.717, 1.165) is 0 Å². The summed E-state index contributed by atoms with van der Waals surface area (Å²) in [5.74, 6) is -1.59. The highest BCUT2D eigenvalue weighted by molar-refractivity contribution is 5.76. The number of nitro groups is 1. The number of aryl methyl sites for hydroxylation is 1. The Morgan fingerprint density at radius 2 is 2.13 bits per heavy atom. The summed E-state index contributed by atoms with van der Waals surface area (Å²) in [6.45, 7) is 3.22. The molecule has 0 fully saturated rings. The van der Waals surface area contributed by atoms with Gasteiger partial charge >= 0.3 is 5.97 Å². The first-order chi connectivity index (χ1) is 6.93. The first-order valence-corrected chi connectivity index (χ1v) is 4.41. The first kappa shape index (κ1) is 11.2. The van der Waals surface area contributed by atoms with Gasteiger partial charge in [-0.05, 0) is 25.0 Å². The number of non-ortho nitro benzene ring substituents is 1. The number of nitro benzene ring substituents is 1. The molecule has 0 aliphatic carbocycles. The molecule has 0 aromatic heterocycles. The first-order valence-electron chi connectivity index (χ1n) is 4.41. The number of hydrogen-bond donors (Lipinski definition) is 1. The predicted molar refractivity (Wildman–Crippen MR) is 53.9 cm³/mol. The van der Waals surface area contributed by atoms with Gasteiger partial charge in [-0.2, -0.15) is 0 Å². The Morgan fingerprint density at radius 1 is 1.53 bits per heavy atom. The summed E-state index contributed by atoms with van der Waals surface area (Å²) in [5, 5.41) is 19.3. The lowest BCUT2D eigenvalue weighted by molar-refractivity contribution is -0.384. The van der Waals surface area contributed by atoms with Crippen molar-refractivity contribution in [3.8, 4) is 0 Å². The van der Waals surface area contributed by atoms with Gasteiger partial charge in [0, 0.05) is 12.1 Å². The molecule has 1 unspecified atom stereocenters. The van der Waals surface area contributed by atoms with E-state index in [4.69, 9.17) is 5.11 Å². The fraction of sp³-hybridized carbons (Fsp3) is 0.300. The molecule has 0 saturated heterocycles. The van der Waals surface area contributed by atoms with Crippen molar-refractivity contribution in [2.45, 2.75) is 19.8 Å². The molecule has 1 N–H and O–H groups in total. The van der Waals surface area contributed by atoms with Gasteiger partial charge < -0.3 is 5.11 Å². The van der Waals surface area contributed by atoms with Gasteiger partial charge in [-0.3, -0.25) is 14.9 Å². The fourth-order valence-corrected chi connectivity index (χ4v) is 1.39. The summed E-state index contributed by atoms with van der Waals surface area (Å²) >= 11 is 0. The Bertz CT molecular complexity index is 414. The SMILES string of the molecule is Cc1cc([N+](=O)[O-])ccc1C(C)C(=O)O. The zero-order valence-corrected chi connectivity index (χ0v) is 8.43. The number of carboxylic acids is 1. The molecule has 1 aromatic carbocycles. The zero-order chi connectivity index (χ0) is 11.6. The summed E-state index contributed by atoms with van der Waals surface area (Å²) in [7, 11) is 0. The lowest BCUT2D eigenvalue weighted by Gasteiger charge is -2.09. The van der Waals surface area contributed by atoms with Crippen LogP contribution in [0.25, 0.3) is 0 Å². The van der Waals surface area contributed by atoms with Crippen molar-refractivity contribution < 1.29 is 14.8 Å². The van der Waals surface area contributed by atoms with Crippen molar-refractivity contribution in [3.05, 3.63) is 39.4 Å². The van der Waals surface area contributed by atoms with Crippen LogP contribution in [-0.4, -0.2) is 16.0 Å². The average molecular weight is 209 g/mol. The van der Waals surface area contributed by atoms with E-state index in [1.54, 1.807) is 13.8 Å². The minimum atomic E-state index is -0.938. The monoisotopic (exact) mass is 209 g/mol. The molecule has 0 spiro atoms. The Balaban J connectivity index is 3.13. The van der Waals surface area contributed by atoms with Gasteiger partial charge in [0.2, 0.25) is 0 Å². The maximum absolute atomic E-state index is 10.7. The second kappa shape index (κ2) is 4.08. The molecule has 1 rings (SSSR count). The molecule has 1 aromatic rings. The van der Waals surface area contributed by atoms with Crippen molar-refractivity contribution in [1.82, 2.24) is 0 Å². The molecular weight excluding hydrogens is 198 g/mol. The van der Waals surface area contributed by atoms with Crippen molar-refractivity contribution in [2.24, 2.45) is 0 Å². The highest BCUT2D eigenvalue weighted by Crippen LogP contribution is 2.23. The van der Waals surface area contributed by atoms with Crippen LogP contribution in [0.2, 0.25) is 0 Å². The van der Waals surface area contributed by atoms with Gasteiger partial charge in [0.15, 0.2) is 0 Å². The third-order valence-corrected chi connectivity index (χ3v) is 2.30. The highest BCUT2D eigenvalue weighted by atomic mass is 16.6. The van der Waals surface area contributed by atoms with Crippen LogP contribution in [-0.2, 0) is 4.79 Å². The van der Waals surface area contributed by atoms with Gasteiger partial charge in [-0.1, -0.05) is 6.07 Å². The van der Waals surface area contributed by atoms with Crippen molar-refractivity contribution in [2.75, 3.05) is 0 Å². The topological polar surface area (TPSA) is 80.4 Å². The van der Waals surface area contributed by atoms with Crippen molar-refractivity contribution in [1.29, 1.82) is 0 Å². The Hall–Kier alpha value is -1.91. The molecule has 15 heavy (non-hydrogen) atoms. The van der Waals surface area contributed by atoms with Crippen LogP contribution >= 0.6 is 0 Å². The summed E-state index contributed by atoms with van der Waals surface area (Å²) in [5.41, 5.74) is 1.21. The minimum Gasteiger partial charge on any atom is -0.481 e. The van der Waals surface area contributed by atoms with Crippen molar-refractivity contribution in [3.63, 3.8) is 0 Å².